The fourth-order valence-electron chi connectivity index (χ4n) is 2.07. The van der Waals surface area contributed by atoms with E-state index < -0.39 is 0 Å². The fourth-order valence-corrected chi connectivity index (χ4v) is 4.50. The second-order valence-corrected chi connectivity index (χ2v) is 6.66. The van der Waals surface area contributed by atoms with Crippen LogP contribution in [0, 0.1) is 0 Å². The highest BCUT2D eigenvalue weighted by atomic mass is 79.9. The zero-order valence-electron chi connectivity index (χ0n) is 8.65. The number of nitrogens with one attached hydrogen (secondary N) is 1. The van der Waals surface area contributed by atoms with Crippen LogP contribution in [0.5, 0.6) is 0 Å². The molecule has 1 aliphatic heterocycles. The van der Waals surface area contributed by atoms with E-state index in [1.54, 1.807) is 23.3 Å². The summed E-state index contributed by atoms with van der Waals surface area (Å²) < 4.78 is 7.72. The van der Waals surface area contributed by atoms with Gasteiger partial charge in [0.15, 0.2) is 0 Å². The summed E-state index contributed by atoms with van der Waals surface area (Å²) in [5.41, 5.74) is 1.20. The lowest BCUT2D eigenvalue weighted by molar-refractivity contribution is 0.628. The molecule has 0 bridgehead atoms. The lowest BCUT2D eigenvalue weighted by atomic mass is 10.2. The van der Waals surface area contributed by atoms with Crippen LogP contribution in [0.4, 0.5) is 5.69 Å². The highest BCUT2D eigenvalue weighted by Gasteiger charge is 2.24. The molecule has 3 rings (SSSR count). The Morgan fingerprint density at radius 2 is 2.25 bits per heavy atom. The average molecular weight is 318 g/mol. The van der Waals surface area contributed by atoms with Crippen molar-refractivity contribution >= 4 is 51.1 Å². The Balaban J connectivity index is 1.74. The maximum absolute atomic E-state index is 4.50. The number of guanidine groups is 1. The minimum absolute atomic E-state index is 0.597. The van der Waals surface area contributed by atoms with Crippen molar-refractivity contribution in [3.05, 3.63) is 11.4 Å². The van der Waals surface area contributed by atoms with E-state index in [1.807, 2.05) is 3.93 Å². The summed E-state index contributed by atoms with van der Waals surface area (Å²) in [5.74, 6) is 0.933. The molecule has 2 aliphatic rings. The predicted octanol–water partition coefficient (Wildman–Crippen LogP) is 3.77. The molecule has 16 heavy (non-hydrogen) atoms. The van der Waals surface area contributed by atoms with Gasteiger partial charge in [-0.15, -0.1) is 11.3 Å². The van der Waals surface area contributed by atoms with Crippen molar-refractivity contribution in [2.24, 2.45) is 4.40 Å². The monoisotopic (exact) mass is 317 g/mol. The first-order valence-corrected chi connectivity index (χ1v) is 7.76. The molecule has 2 heterocycles. The van der Waals surface area contributed by atoms with Gasteiger partial charge in [0.1, 0.15) is 4.21 Å². The second kappa shape index (κ2) is 4.58. The topological polar surface area (TPSA) is 27.6 Å². The molecule has 3 nitrogen and oxygen atoms in total. The van der Waals surface area contributed by atoms with Crippen LogP contribution in [0.3, 0.4) is 0 Å². The molecule has 1 fully saturated rings. The third-order valence-electron chi connectivity index (χ3n) is 2.91. The Hall–Kier alpha value is -0.200. The van der Waals surface area contributed by atoms with Crippen molar-refractivity contribution in [2.45, 2.75) is 35.9 Å². The second-order valence-electron chi connectivity index (χ2n) is 4.01. The van der Waals surface area contributed by atoms with Gasteiger partial charge in [0.2, 0.25) is 5.96 Å². The maximum atomic E-state index is 4.50. The first kappa shape index (κ1) is 10.9. The maximum Gasteiger partial charge on any atom is 0.221 e. The largest absolute Gasteiger partial charge is 0.352 e. The van der Waals surface area contributed by atoms with Gasteiger partial charge >= 0.3 is 0 Å². The highest BCUT2D eigenvalue weighted by Crippen LogP contribution is 2.41. The van der Waals surface area contributed by atoms with Gasteiger partial charge in [0.25, 0.3) is 0 Å². The lowest BCUT2D eigenvalue weighted by Gasteiger charge is -2.25. The Labute approximate surface area is 112 Å². The number of fused-ring (bicyclic) bond motifs is 1. The number of rotatable bonds is 1. The van der Waals surface area contributed by atoms with Gasteiger partial charge in [-0.25, -0.2) is 3.93 Å². The zero-order valence-corrected chi connectivity index (χ0v) is 11.9. The van der Waals surface area contributed by atoms with Crippen LogP contribution < -0.4 is 9.24 Å². The molecule has 1 saturated carbocycles. The van der Waals surface area contributed by atoms with Crippen LogP contribution in [0.15, 0.2) is 20.1 Å². The Kier molecular flexibility index (Phi) is 3.13. The fraction of sp³-hybridized carbons (Fsp3) is 0.500. The van der Waals surface area contributed by atoms with E-state index in [-0.39, 0.29) is 0 Å². The normalized spacial score (nSPS) is 20.8. The molecule has 1 N–H and O–H groups in total. The average Bonchev–Trinajstić information content (AvgIpc) is 2.93. The van der Waals surface area contributed by atoms with Gasteiger partial charge in [-0.2, -0.15) is 4.40 Å². The molecule has 6 heteroatoms. The summed E-state index contributed by atoms with van der Waals surface area (Å²) in [4.78, 5) is 0. The highest BCUT2D eigenvalue weighted by molar-refractivity contribution is 9.10. The number of nitrogens with zero attached hydrogens (tertiary/aromatic N) is 2. The third kappa shape index (κ3) is 1.98. The van der Waals surface area contributed by atoms with Gasteiger partial charge in [0, 0.05) is 18.0 Å². The molecule has 0 aromatic carbocycles. The van der Waals surface area contributed by atoms with E-state index >= 15 is 0 Å². The molecular weight excluding hydrogens is 306 g/mol. The molecule has 1 aliphatic carbocycles. The van der Waals surface area contributed by atoms with Crippen LogP contribution in [-0.2, 0) is 0 Å². The Morgan fingerprint density at radius 1 is 1.44 bits per heavy atom. The molecule has 1 aromatic heterocycles. The van der Waals surface area contributed by atoms with Crippen LogP contribution in [0.1, 0.15) is 25.7 Å². The summed E-state index contributed by atoms with van der Waals surface area (Å²) >= 11 is 6.87. The van der Waals surface area contributed by atoms with Crippen molar-refractivity contribution in [1.82, 2.24) is 5.32 Å². The molecule has 0 saturated heterocycles. The molecule has 0 spiro atoms. The molecule has 1 aromatic rings. The minimum atomic E-state index is 0.597. The van der Waals surface area contributed by atoms with E-state index in [9.17, 15) is 0 Å². The van der Waals surface area contributed by atoms with Crippen LogP contribution >= 0.6 is 39.4 Å². The van der Waals surface area contributed by atoms with Gasteiger partial charge in [-0.05, 0) is 24.3 Å². The van der Waals surface area contributed by atoms with Crippen molar-refractivity contribution < 1.29 is 0 Å². The summed E-state index contributed by atoms with van der Waals surface area (Å²) in [7, 11) is 0. The first-order chi connectivity index (χ1) is 7.84. The molecular formula is C10H12BrN3S2. The van der Waals surface area contributed by atoms with Gasteiger partial charge < -0.3 is 5.32 Å². The van der Waals surface area contributed by atoms with E-state index in [1.165, 1.54) is 35.6 Å². The molecule has 0 radical (unpaired) electrons. The van der Waals surface area contributed by atoms with Crippen LogP contribution in [0.25, 0.3) is 0 Å². The van der Waals surface area contributed by atoms with Crippen molar-refractivity contribution in [2.75, 3.05) is 3.93 Å². The predicted molar refractivity (Wildman–Crippen MR) is 74.4 cm³/mol. The molecule has 0 atom stereocenters. The molecule has 0 unspecified atom stereocenters. The number of anilines is 1. The molecule has 86 valence electrons. The van der Waals surface area contributed by atoms with E-state index in [2.05, 4.69) is 37.3 Å². The van der Waals surface area contributed by atoms with Crippen molar-refractivity contribution in [3.8, 4) is 0 Å². The summed E-state index contributed by atoms with van der Waals surface area (Å²) in [6, 6.07) is 2.71. The van der Waals surface area contributed by atoms with Crippen molar-refractivity contribution in [1.29, 1.82) is 0 Å². The molecule has 0 amide bonds. The van der Waals surface area contributed by atoms with Crippen molar-refractivity contribution in [3.63, 3.8) is 0 Å². The van der Waals surface area contributed by atoms with Crippen LogP contribution in [0.2, 0.25) is 0 Å². The standard InChI is InChI=1S/C10H12BrN3S2/c11-14-8-5-6-15-9(8)16-13-10(14)12-7-3-1-2-4-7/h5-7H,1-4H2,(H,12,13). The van der Waals surface area contributed by atoms with Gasteiger partial charge in [-0.1, -0.05) is 12.8 Å². The van der Waals surface area contributed by atoms with E-state index in [0.29, 0.717) is 6.04 Å². The zero-order chi connectivity index (χ0) is 11.0. The first-order valence-electron chi connectivity index (χ1n) is 5.39. The number of halogens is 1. The quantitative estimate of drug-likeness (QED) is 0.631. The van der Waals surface area contributed by atoms with Crippen LogP contribution in [-0.4, -0.2) is 12.0 Å². The smallest absolute Gasteiger partial charge is 0.221 e. The summed E-state index contributed by atoms with van der Waals surface area (Å²) in [5, 5.41) is 5.61. The Morgan fingerprint density at radius 3 is 3.06 bits per heavy atom. The van der Waals surface area contributed by atoms with Gasteiger partial charge in [-0.3, -0.25) is 0 Å². The van der Waals surface area contributed by atoms with E-state index in [0.717, 1.165) is 5.96 Å². The minimum Gasteiger partial charge on any atom is -0.352 e. The van der Waals surface area contributed by atoms with Gasteiger partial charge in [0.05, 0.1) is 21.8 Å². The number of thiophene rings is 1. The number of hydrogen-bond acceptors (Lipinski definition) is 5. The summed E-state index contributed by atoms with van der Waals surface area (Å²) in [6.07, 6.45) is 5.20. The lowest BCUT2D eigenvalue weighted by Crippen LogP contribution is -2.41. The summed E-state index contributed by atoms with van der Waals surface area (Å²) in [6.45, 7) is 0. The Bertz CT molecular complexity index is 412. The third-order valence-corrected chi connectivity index (χ3v) is 5.48. The van der Waals surface area contributed by atoms with E-state index in [4.69, 9.17) is 0 Å². The SMILES string of the molecule is BrN1C(NC2CCCC2)=NSc2sccc21. The number of hydrogen-bond donors (Lipinski definition) is 1.